The molecule has 0 aromatic heterocycles. The molecule has 3 aliphatic rings. The van der Waals surface area contributed by atoms with Gasteiger partial charge >= 0.3 is 6.03 Å². The van der Waals surface area contributed by atoms with Gasteiger partial charge in [-0.05, 0) is 111 Å². The number of hydrogen-bond donors (Lipinski definition) is 3. The molecular formula is C43H46F2N2O4. The van der Waals surface area contributed by atoms with Crippen LogP contribution in [0, 0.1) is 17.0 Å². The van der Waals surface area contributed by atoms with Crippen molar-refractivity contribution in [3.05, 3.63) is 148 Å². The summed E-state index contributed by atoms with van der Waals surface area (Å²) in [5.74, 6) is -2.90. The van der Waals surface area contributed by atoms with E-state index in [0.717, 1.165) is 28.8 Å². The van der Waals surface area contributed by atoms with E-state index >= 15 is 0 Å². The van der Waals surface area contributed by atoms with E-state index in [2.05, 4.69) is 25.2 Å². The van der Waals surface area contributed by atoms with Gasteiger partial charge in [0.15, 0.2) is 17.4 Å². The lowest BCUT2D eigenvalue weighted by Crippen LogP contribution is -2.54. The highest BCUT2D eigenvalue weighted by atomic mass is 19.2. The fraction of sp³-hybridized carbons (Fsp3) is 0.349. The largest absolute Gasteiger partial charge is 0.393 e. The molecule has 266 valence electrons. The van der Waals surface area contributed by atoms with Crippen LogP contribution in [0.25, 0.3) is 0 Å². The topological polar surface area (TPSA) is 89.9 Å². The number of hydrogen-bond acceptors (Lipinski definition) is 4. The number of rotatable bonds is 7. The predicted octanol–water partition coefficient (Wildman–Crippen LogP) is 8.97. The monoisotopic (exact) mass is 692 g/mol. The number of amides is 2. The van der Waals surface area contributed by atoms with E-state index in [1.54, 1.807) is 11.0 Å². The van der Waals surface area contributed by atoms with Gasteiger partial charge in [-0.25, -0.2) is 13.6 Å². The summed E-state index contributed by atoms with van der Waals surface area (Å²) in [6, 6.07) is 27.3. The highest BCUT2D eigenvalue weighted by Crippen LogP contribution is 2.59. The number of carbonyl (C=O) groups is 2. The number of ketones is 1. The second kappa shape index (κ2) is 15.3. The van der Waals surface area contributed by atoms with Crippen LogP contribution >= 0.6 is 0 Å². The summed E-state index contributed by atoms with van der Waals surface area (Å²) >= 11 is 0. The van der Waals surface area contributed by atoms with E-state index in [1.807, 2.05) is 72.8 Å². The summed E-state index contributed by atoms with van der Waals surface area (Å²) in [7, 11) is 0. The minimum Gasteiger partial charge on any atom is -0.393 e. The van der Waals surface area contributed by atoms with Crippen LogP contribution in [-0.4, -0.2) is 45.2 Å². The summed E-state index contributed by atoms with van der Waals surface area (Å²) in [6.07, 6.45) is 5.26. The number of anilines is 1. The smallest absolute Gasteiger partial charge is 0.322 e. The number of urea groups is 1. The molecule has 4 atom stereocenters. The number of aliphatic hydroxyl groups excluding tert-OH is 1. The maximum Gasteiger partial charge on any atom is 0.322 e. The lowest BCUT2D eigenvalue weighted by molar-refractivity contribution is -0.0773. The van der Waals surface area contributed by atoms with Crippen molar-refractivity contribution in [2.45, 2.75) is 83.0 Å². The number of para-hydroxylation sites is 1. The van der Waals surface area contributed by atoms with Crippen molar-refractivity contribution in [1.82, 2.24) is 4.90 Å². The Bertz CT molecular complexity index is 1900. The number of halogens is 2. The van der Waals surface area contributed by atoms with Gasteiger partial charge in [0.1, 0.15) is 0 Å². The quantitative estimate of drug-likeness (QED) is 0.133. The molecule has 8 heteroatoms. The van der Waals surface area contributed by atoms with Gasteiger partial charge in [-0.15, -0.1) is 0 Å². The number of fused-ring (bicyclic) bond motifs is 8. The van der Waals surface area contributed by atoms with Gasteiger partial charge < -0.3 is 20.4 Å². The van der Waals surface area contributed by atoms with Crippen molar-refractivity contribution >= 4 is 17.5 Å². The molecule has 4 aromatic carbocycles. The molecule has 0 saturated heterocycles. The fourth-order valence-corrected chi connectivity index (χ4v) is 8.03. The zero-order valence-electron chi connectivity index (χ0n) is 29.2. The lowest BCUT2D eigenvalue weighted by Gasteiger charge is -2.46. The first-order chi connectivity index (χ1) is 24.5. The average molecular weight is 693 g/mol. The third-order valence-electron chi connectivity index (χ3n) is 11.1. The van der Waals surface area contributed by atoms with Gasteiger partial charge in [-0.3, -0.25) is 4.79 Å². The van der Waals surface area contributed by atoms with Crippen LogP contribution in [0.4, 0.5) is 19.3 Å². The van der Waals surface area contributed by atoms with E-state index in [9.17, 15) is 28.6 Å². The number of carbonyl (C=O) groups excluding carboxylic acids is 2. The van der Waals surface area contributed by atoms with Crippen LogP contribution in [0.2, 0.25) is 0 Å². The van der Waals surface area contributed by atoms with Crippen molar-refractivity contribution < 1.29 is 28.6 Å². The van der Waals surface area contributed by atoms with Crippen LogP contribution in [0.5, 0.6) is 0 Å². The Hall–Kier alpha value is -4.66. The maximum absolute atomic E-state index is 14.4. The van der Waals surface area contributed by atoms with Crippen LogP contribution in [0.15, 0.2) is 109 Å². The van der Waals surface area contributed by atoms with Crippen molar-refractivity contribution in [1.29, 1.82) is 0 Å². The van der Waals surface area contributed by atoms with Gasteiger partial charge in [0.25, 0.3) is 0 Å². The number of nitrogens with zero attached hydrogens (tertiary/aromatic N) is 1. The van der Waals surface area contributed by atoms with Gasteiger partial charge in [0.05, 0.1) is 18.2 Å². The molecule has 1 fully saturated rings. The number of nitrogens with one attached hydrogen (secondary N) is 1. The Labute approximate surface area is 298 Å². The Morgan fingerprint density at radius 1 is 0.902 bits per heavy atom. The predicted molar refractivity (Wildman–Crippen MR) is 196 cm³/mol. The summed E-state index contributed by atoms with van der Waals surface area (Å²) in [5, 5.41) is 26.8. The van der Waals surface area contributed by atoms with E-state index in [0.29, 0.717) is 61.8 Å². The van der Waals surface area contributed by atoms with Crippen molar-refractivity contribution in [3.63, 3.8) is 0 Å². The Balaban J connectivity index is 1.42. The van der Waals surface area contributed by atoms with Gasteiger partial charge in [0.2, 0.25) is 0 Å². The molecule has 1 saturated carbocycles. The minimum atomic E-state index is -1.35. The lowest BCUT2D eigenvalue weighted by atomic mass is 9.64. The highest BCUT2D eigenvalue weighted by molar-refractivity contribution is 6.10. The second-order valence-electron chi connectivity index (χ2n) is 14.5. The van der Waals surface area contributed by atoms with Crippen LogP contribution in [-0.2, 0) is 13.0 Å². The first-order valence-corrected chi connectivity index (χ1v) is 17.8. The van der Waals surface area contributed by atoms with Gasteiger partial charge in [-0.2, -0.15) is 0 Å². The molecule has 0 radical (unpaired) electrons. The molecule has 0 aliphatic heterocycles. The normalized spacial score (nSPS) is 23.5. The molecule has 7 rings (SSSR count). The second-order valence-corrected chi connectivity index (χ2v) is 14.5. The third-order valence-corrected chi connectivity index (χ3v) is 11.1. The molecule has 6 nitrogen and oxygen atoms in total. The molecule has 0 unspecified atom stereocenters. The molecular weight excluding hydrogens is 646 g/mol. The van der Waals surface area contributed by atoms with E-state index in [4.69, 9.17) is 0 Å². The number of aliphatic hydroxyl groups is 2. The molecule has 3 N–H and O–H groups in total. The summed E-state index contributed by atoms with van der Waals surface area (Å²) in [4.78, 5) is 29.8. The minimum absolute atomic E-state index is 0.0223. The van der Waals surface area contributed by atoms with Crippen molar-refractivity contribution in [3.8, 4) is 0 Å². The van der Waals surface area contributed by atoms with Gasteiger partial charge in [-0.1, -0.05) is 79.2 Å². The molecule has 0 spiro atoms. The Morgan fingerprint density at radius 2 is 1.63 bits per heavy atom. The summed E-state index contributed by atoms with van der Waals surface area (Å²) in [6.45, 7) is 4.44. The first kappa shape index (κ1) is 36.1. The molecule has 2 bridgehead atoms. The van der Waals surface area contributed by atoms with Gasteiger partial charge in [0, 0.05) is 28.8 Å². The van der Waals surface area contributed by atoms with E-state index in [1.165, 1.54) is 6.07 Å². The maximum atomic E-state index is 14.4. The standard InChI is InChI=1S/C43H46F2N2O4/c1-29-10-9-22-42(2)37(35-19-16-31(24-34(48)18-15-29)25-36(35)40(49)32-17-20-38(44)39(45)26-32)21-23-43(42,51)28-47(27-30-11-5-3-6-12-30)41(50)46-33-13-7-4-8-14-33/h3-8,10-14,16-17,19-20,25-26,34,37,48,51H,9,15,18,21-24,27-28H2,1-2H3,(H,46,50)/t34-,37-,42-,43+/m0/s1. The highest BCUT2D eigenvalue weighted by Gasteiger charge is 2.57. The summed E-state index contributed by atoms with van der Waals surface area (Å²) < 4.78 is 28.3. The van der Waals surface area contributed by atoms with Crippen LogP contribution in [0.1, 0.15) is 90.9 Å². The van der Waals surface area contributed by atoms with Crippen molar-refractivity contribution in [2.75, 3.05) is 11.9 Å². The average Bonchev–Trinajstić information content (AvgIpc) is 3.37. The molecule has 3 aliphatic carbocycles. The zero-order chi connectivity index (χ0) is 36.2. The SMILES string of the molecule is CC1=CCC[C@@]2(C)[C@@H](CC[C@@]2(O)CN(Cc2ccccc2)C(=O)Nc2ccccc2)c2ccc(cc2C(=O)c2ccc(F)c(F)c2)C[C@@H](O)CC1. The van der Waals surface area contributed by atoms with Crippen LogP contribution < -0.4 is 5.32 Å². The Morgan fingerprint density at radius 3 is 2.35 bits per heavy atom. The number of benzene rings is 4. The Kier molecular flexibility index (Phi) is 10.8. The molecule has 2 amide bonds. The van der Waals surface area contributed by atoms with Crippen LogP contribution in [0.3, 0.4) is 0 Å². The van der Waals surface area contributed by atoms with E-state index in [-0.39, 0.29) is 30.6 Å². The fourth-order valence-electron chi connectivity index (χ4n) is 8.03. The summed E-state index contributed by atoms with van der Waals surface area (Å²) in [5.41, 5.74) is 2.41. The van der Waals surface area contributed by atoms with E-state index < -0.39 is 34.5 Å². The zero-order valence-corrected chi connectivity index (χ0v) is 29.2. The number of allylic oxidation sites excluding steroid dienone is 2. The third kappa shape index (κ3) is 7.97. The first-order valence-electron chi connectivity index (χ1n) is 17.8. The molecule has 51 heavy (non-hydrogen) atoms. The van der Waals surface area contributed by atoms with Crippen molar-refractivity contribution in [2.24, 2.45) is 5.41 Å². The molecule has 4 aromatic rings. The molecule has 0 heterocycles.